The lowest BCUT2D eigenvalue weighted by molar-refractivity contribution is 0.0223. The highest BCUT2D eigenvalue weighted by molar-refractivity contribution is 5.20. The van der Waals surface area contributed by atoms with Gasteiger partial charge in [-0.05, 0) is 30.5 Å². The van der Waals surface area contributed by atoms with Crippen LogP contribution in [0.5, 0.6) is 0 Å². The highest BCUT2D eigenvalue weighted by Gasteiger charge is 2.27. The van der Waals surface area contributed by atoms with Crippen LogP contribution in [0, 0.1) is 11.6 Å². The van der Waals surface area contributed by atoms with Gasteiger partial charge in [-0.25, -0.2) is 8.78 Å². The molecule has 0 aliphatic heterocycles. The van der Waals surface area contributed by atoms with Gasteiger partial charge in [0, 0.05) is 13.1 Å². The van der Waals surface area contributed by atoms with Crippen molar-refractivity contribution in [2.24, 2.45) is 0 Å². The van der Waals surface area contributed by atoms with Crippen LogP contribution in [0.3, 0.4) is 0 Å². The van der Waals surface area contributed by atoms with E-state index >= 15 is 0 Å². The summed E-state index contributed by atoms with van der Waals surface area (Å²) in [6.07, 6.45) is 4.95. The van der Waals surface area contributed by atoms with Gasteiger partial charge in [-0.2, -0.15) is 0 Å². The van der Waals surface area contributed by atoms with Crippen molar-refractivity contribution in [3.05, 3.63) is 35.4 Å². The zero-order chi connectivity index (χ0) is 15.3. The Labute approximate surface area is 124 Å². The fourth-order valence-corrected chi connectivity index (χ4v) is 2.84. The third-order valence-electron chi connectivity index (χ3n) is 4.15. The molecule has 1 fully saturated rings. The Morgan fingerprint density at radius 1 is 1.10 bits per heavy atom. The zero-order valence-corrected chi connectivity index (χ0v) is 12.1. The van der Waals surface area contributed by atoms with E-state index in [0.717, 1.165) is 50.7 Å². The van der Waals surface area contributed by atoms with E-state index in [-0.39, 0.29) is 6.54 Å². The van der Waals surface area contributed by atoms with Crippen LogP contribution in [0.4, 0.5) is 8.78 Å². The van der Waals surface area contributed by atoms with Crippen molar-refractivity contribution in [1.29, 1.82) is 0 Å². The first-order chi connectivity index (χ1) is 10.0. The molecule has 118 valence electrons. The molecule has 21 heavy (non-hydrogen) atoms. The second-order valence-electron chi connectivity index (χ2n) is 5.96. The number of benzene rings is 1. The van der Waals surface area contributed by atoms with E-state index in [1.165, 1.54) is 6.07 Å². The lowest BCUT2D eigenvalue weighted by Gasteiger charge is -2.27. The van der Waals surface area contributed by atoms with Gasteiger partial charge >= 0.3 is 0 Å². The van der Waals surface area contributed by atoms with Crippen LogP contribution < -0.4 is 5.32 Å². The average molecular weight is 299 g/mol. The molecule has 0 saturated heterocycles. The Balaban J connectivity index is 1.83. The van der Waals surface area contributed by atoms with E-state index in [4.69, 9.17) is 0 Å². The first-order valence-corrected chi connectivity index (χ1v) is 7.56. The Kier molecular flexibility index (Phi) is 5.67. The van der Waals surface area contributed by atoms with Gasteiger partial charge in [0.2, 0.25) is 0 Å². The number of nitrogens with one attached hydrogen (secondary N) is 1. The summed E-state index contributed by atoms with van der Waals surface area (Å²) in [6, 6.07) is 3.37. The lowest BCUT2D eigenvalue weighted by Crippen LogP contribution is -2.41. The molecular formula is C16H23F2NO2. The molecule has 2 rings (SSSR count). The molecule has 1 saturated carbocycles. The molecule has 1 unspecified atom stereocenters. The van der Waals surface area contributed by atoms with E-state index in [2.05, 4.69) is 5.32 Å². The Morgan fingerprint density at radius 3 is 2.38 bits per heavy atom. The summed E-state index contributed by atoms with van der Waals surface area (Å²) in [5.41, 5.74) is -0.390. The summed E-state index contributed by atoms with van der Waals surface area (Å²) in [7, 11) is 0. The average Bonchev–Trinajstić information content (AvgIpc) is 2.67. The molecule has 3 N–H and O–H groups in total. The van der Waals surface area contributed by atoms with E-state index in [0.29, 0.717) is 12.1 Å². The SMILES string of the molecule is OC(CNCC1(O)CCCCCC1)c1ccc(F)c(F)c1. The van der Waals surface area contributed by atoms with Crippen molar-refractivity contribution in [3.63, 3.8) is 0 Å². The van der Waals surface area contributed by atoms with E-state index in [1.807, 2.05) is 0 Å². The molecule has 0 heterocycles. The lowest BCUT2D eigenvalue weighted by atomic mass is 9.94. The summed E-state index contributed by atoms with van der Waals surface area (Å²) < 4.78 is 26.0. The van der Waals surface area contributed by atoms with Crippen molar-refractivity contribution < 1.29 is 19.0 Å². The summed E-state index contributed by atoms with van der Waals surface area (Å²) in [5.74, 6) is -1.89. The third-order valence-corrected chi connectivity index (χ3v) is 4.15. The largest absolute Gasteiger partial charge is 0.389 e. The molecule has 0 bridgehead atoms. The van der Waals surface area contributed by atoms with Crippen LogP contribution in [0.2, 0.25) is 0 Å². The fourth-order valence-electron chi connectivity index (χ4n) is 2.84. The minimum absolute atomic E-state index is 0.202. The Morgan fingerprint density at radius 2 is 1.76 bits per heavy atom. The van der Waals surface area contributed by atoms with Crippen molar-refractivity contribution >= 4 is 0 Å². The molecule has 0 spiro atoms. The van der Waals surface area contributed by atoms with Gasteiger partial charge in [-0.3, -0.25) is 0 Å². The van der Waals surface area contributed by atoms with Crippen molar-refractivity contribution in [2.45, 2.75) is 50.2 Å². The Hall–Kier alpha value is -1.04. The molecule has 1 aliphatic rings. The second kappa shape index (κ2) is 7.29. The molecule has 1 aromatic carbocycles. The maximum Gasteiger partial charge on any atom is 0.159 e. The molecule has 0 aromatic heterocycles. The van der Waals surface area contributed by atoms with Gasteiger partial charge in [0.15, 0.2) is 11.6 Å². The van der Waals surface area contributed by atoms with Crippen molar-refractivity contribution in [3.8, 4) is 0 Å². The molecule has 5 heteroatoms. The topological polar surface area (TPSA) is 52.5 Å². The number of hydrogen-bond donors (Lipinski definition) is 3. The quantitative estimate of drug-likeness (QED) is 0.733. The van der Waals surface area contributed by atoms with Crippen LogP contribution >= 0.6 is 0 Å². The van der Waals surface area contributed by atoms with Gasteiger partial charge < -0.3 is 15.5 Å². The normalized spacial score (nSPS) is 20.0. The summed E-state index contributed by atoms with van der Waals surface area (Å²) >= 11 is 0. The number of rotatable bonds is 5. The second-order valence-corrected chi connectivity index (χ2v) is 5.96. The summed E-state index contributed by atoms with van der Waals surface area (Å²) in [6.45, 7) is 0.612. The summed E-state index contributed by atoms with van der Waals surface area (Å²) in [4.78, 5) is 0. The number of aliphatic hydroxyl groups is 2. The van der Waals surface area contributed by atoms with Crippen molar-refractivity contribution in [1.82, 2.24) is 5.32 Å². The fraction of sp³-hybridized carbons (Fsp3) is 0.625. The van der Waals surface area contributed by atoms with E-state index in [1.54, 1.807) is 0 Å². The van der Waals surface area contributed by atoms with Crippen LogP contribution in [-0.4, -0.2) is 28.9 Å². The molecule has 1 aromatic rings. The molecule has 3 nitrogen and oxygen atoms in total. The monoisotopic (exact) mass is 299 g/mol. The molecule has 0 radical (unpaired) electrons. The Bertz CT molecular complexity index is 460. The molecule has 1 atom stereocenters. The van der Waals surface area contributed by atoms with Crippen LogP contribution in [0.25, 0.3) is 0 Å². The standard InChI is InChI=1S/C16H23F2NO2/c17-13-6-5-12(9-14(13)18)15(20)10-19-11-16(21)7-3-1-2-4-8-16/h5-6,9,15,19-21H,1-4,7-8,10-11H2. The van der Waals surface area contributed by atoms with Crippen LogP contribution in [0.1, 0.15) is 50.2 Å². The van der Waals surface area contributed by atoms with Gasteiger partial charge in [0.1, 0.15) is 0 Å². The predicted octanol–water partition coefficient (Wildman–Crippen LogP) is 2.67. The summed E-state index contributed by atoms with van der Waals surface area (Å²) in [5, 5.41) is 23.5. The maximum atomic E-state index is 13.1. The highest BCUT2D eigenvalue weighted by atomic mass is 19.2. The predicted molar refractivity (Wildman–Crippen MR) is 76.8 cm³/mol. The van der Waals surface area contributed by atoms with Gasteiger partial charge in [-0.15, -0.1) is 0 Å². The van der Waals surface area contributed by atoms with Gasteiger partial charge in [0.05, 0.1) is 11.7 Å². The first-order valence-electron chi connectivity index (χ1n) is 7.56. The first kappa shape index (κ1) is 16.3. The van der Waals surface area contributed by atoms with E-state index in [9.17, 15) is 19.0 Å². The highest BCUT2D eigenvalue weighted by Crippen LogP contribution is 2.26. The molecule has 0 amide bonds. The zero-order valence-electron chi connectivity index (χ0n) is 12.1. The number of aliphatic hydroxyl groups excluding tert-OH is 1. The van der Waals surface area contributed by atoms with E-state index < -0.39 is 23.3 Å². The maximum absolute atomic E-state index is 13.1. The number of hydrogen-bond acceptors (Lipinski definition) is 3. The smallest absolute Gasteiger partial charge is 0.159 e. The minimum atomic E-state index is -0.964. The van der Waals surface area contributed by atoms with Crippen molar-refractivity contribution in [2.75, 3.05) is 13.1 Å². The number of halogens is 2. The molecule has 1 aliphatic carbocycles. The van der Waals surface area contributed by atoms with Crippen LogP contribution in [0.15, 0.2) is 18.2 Å². The van der Waals surface area contributed by atoms with Crippen LogP contribution in [-0.2, 0) is 0 Å². The van der Waals surface area contributed by atoms with Gasteiger partial charge in [-0.1, -0.05) is 31.7 Å². The minimum Gasteiger partial charge on any atom is -0.389 e. The molecular weight excluding hydrogens is 276 g/mol. The van der Waals surface area contributed by atoms with Gasteiger partial charge in [0.25, 0.3) is 0 Å². The third kappa shape index (κ3) is 4.73.